The van der Waals surface area contributed by atoms with Gasteiger partial charge in [0.1, 0.15) is 11.6 Å². The topological polar surface area (TPSA) is 63.3 Å². The molecule has 8 heteroatoms. The Bertz CT molecular complexity index is 920. The van der Waals surface area contributed by atoms with Gasteiger partial charge in [0.15, 0.2) is 5.76 Å². The SMILES string of the molecule is CN(C)CCC(NC(=O)c1ccc(Cn2cc(Br)cn2)o1)c1ccc(F)cc1. The van der Waals surface area contributed by atoms with Crippen molar-refractivity contribution in [3.63, 3.8) is 0 Å². The first kappa shape index (κ1) is 20.3. The summed E-state index contributed by atoms with van der Waals surface area (Å²) in [6, 6.07) is 9.35. The van der Waals surface area contributed by atoms with E-state index in [0.717, 1.165) is 16.6 Å². The van der Waals surface area contributed by atoms with Gasteiger partial charge in [0.25, 0.3) is 5.91 Å². The van der Waals surface area contributed by atoms with E-state index in [1.165, 1.54) is 12.1 Å². The molecule has 6 nitrogen and oxygen atoms in total. The number of aromatic nitrogens is 2. The predicted molar refractivity (Wildman–Crippen MR) is 108 cm³/mol. The van der Waals surface area contributed by atoms with Crippen LogP contribution in [0.4, 0.5) is 4.39 Å². The third-order valence-electron chi connectivity index (χ3n) is 4.25. The van der Waals surface area contributed by atoms with Gasteiger partial charge >= 0.3 is 0 Å². The van der Waals surface area contributed by atoms with Gasteiger partial charge in [0, 0.05) is 6.20 Å². The molecule has 3 aromatic rings. The minimum Gasteiger partial charge on any atom is -0.454 e. The third-order valence-corrected chi connectivity index (χ3v) is 4.66. The number of carbonyl (C=O) groups is 1. The van der Waals surface area contributed by atoms with E-state index in [-0.39, 0.29) is 23.5 Å². The standard InChI is InChI=1S/C20H22BrFN4O2/c1-25(2)10-9-18(14-3-5-16(22)6-4-14)24-20(27)19-8-7-17(28-19)13-26-12-15(21)11-23-26/h3-8,11-12,18H,9-10,13H2,1-2H3,(H,24,27). The highest BCUT2D eigenvalue weighted by molar-refractivity contribution is 9.10. The summed E-state index contributed by atoms with van der Waals surface area (Å²) in [5, 5.41) is 7.17. The van der Waals surface area contributed by atoms with E-state index >= 15 is 0 Å². The fraction of sp³-hybridized carbons (Fsp3) is 0.300. The number of hydrogen-bond acceptors (Lipinski definition) is 4. The van der Waals surface area contributed by atoms with Gasteiger partial charge in [-0.3, -0.25) is 9.48 Å². The van der Waals surface area contributed by atoms with E-state index in [4.69, 9.17) is 4.42 Å². The number of rotatable bonds is 8. The first-order valence-electron chi connectivity index (χ1n) is 8.88. The Balaban J connectivity index is 1.69. The van der Waals surface area contributed by atoms with Crippen LogP contribution in [0.1, 0.15) is 34.3 Å². The molecule has 1 aromatic carbocycles. The molecular formula is C20H22BrFN4O2. The number of benzene rings is 1. The molecule has 0 saturated carbocycles. The summed E-state index contributed by atoms with van der Waals surface area (Å²) < 4.78 is 21.5. The minimum atomic E-state index is -0.305. The lowest BCUT2D eigenvalue weighted by Gasteiger charge is -2.21. The van der Waals surface area contributed by atoms with E-state index in [1.54, 1.807) is 35.1 Å². The molecule has 1 amide bonds. The van der Waals surface area contributed by atoms with Gasteiger partial charge in [-0.2, -0.15) is 5.10 Å². The monoisotopic (exact) mass is 448 g/mol. The summed E-state index contributed by atoms with van der Waals surface area (Å²) >= 11 is 3.35. The van der Waals surface area contributed by atoms with Crippen molar-refractivity contribution in [2.45, 2.75) is 19.0 Å². The molecule has 148 valence electrons. The number of amides is 1. The zero-order valence-corrected chi connectivity index (χ0v) is 17.3. The summed E-state index contributed by atoms with van der Waals surface area (Å²) in [5.41, 5.74) is 0.852. The second kappa shape index (κ2) is 9.16. The normalized spacial score (nSPS) is 12.3. The average Bonchev–Trinajstić information content (AvgIpc) is 3.28. The van der Waals surface area contributed by atoms with Crippen molar-refractivity contribution < 1.29 is 13.6 Å². The average molecular weight is 449 g/mol. The molecule has 0 aliphatic rings. The fourth-order valence-corrected chi connectivity index (χ4v) is 3.13. The van der Waals surface area contributed by atoms with Crippen LogP contribution in [0.3, 0.4) is 0 Å². The van der Waals surface area contributed by atoms with Crippen LogP contribution in [-0.4, -0.2) is 41.2 Å². The second-order valence-corrected chi connectivity index (χ2v) is 7.71. The lowest BCUT2D eigenvalue weighted by molar-refractivity contribution is 0.0902. The van der Waals surface area contributed by atoms with Gasteiger partial charge in [-0.1, -0.05) is 12.1 Å². The zero-order valence-electron chi connectivity index (χ0n) is 15.7. The Morgan fingerprint density at radius 2 is 2.04 bits per heavy atom. The summed E-state index contributed by atoms with van der Waals surface area (Å²) in [7, 11) is 3.94. The summed E-state index contributed by atoms with van der Waals surface area (Å²) in [5.74, 6) is 0.258. The van der Waals surface area contributed by atoms with Crippen LogP contribution in [0.15, 0.2) is 57.7 Å². The molecule has 0 spiro atoms. The Kier molecular flexibility index (Phi) is 6.64. The van der Waals surface area contributed by atoms with Crippen molar-refractivity contribution in [1.82, 2.24) is 20.0 Å². The molecule has 0 fully saturated rings. The van der Waals surface area contributed by atoms with E-state index < -0.39 is 0 Å². The van der Waals surface area contributed by atoms with Crippen molar-refractivity contribution in [1.29, 1.82) is 0 Å². The van der Waals surface area contributed by atoms with Gasteiger partial charge < -0.3 is 14.6 Å². The zero-order chi connectivity index (χ0) is 20.1. The first-order valence-corrected chi connectivity index (χ1v) is 9.68. The molecular weight excluding hydrogens is 427 g/mol. The Labute approximate surface area is 171 Å². The van der Waals surface area contributed by atoms with Crippen LogP contribution in [0, 0.1) is 5.82 Å². The van der Waals surface area contributed by atoms with Crippen LogP contribution in [0.2, 0.25) is 0 Å². The second-order valence-electron chi connectivity index (χ2n) is 6.79. The molecule has 1 unspecified atom stereocenters. The molecule has 2 aromatic heterocycles. The Morgan fingerprint density at radius 3 is 2.68 bits per heavy atom. The molecule has 0 aliphatic carbocycles. The number of halogens is 2. The molecule has 0 aliphatic heterocycles. The molecule has 1 atom stereocenters. The van der Waals surface area contributed by atoms with E-state index in [0.29, 0.717) is 18.7 Å². The molecule has 3 rings (SSSR count). The molecule has 1 N–H and O–H groups in total. The van der Waals surface area contributed by atoms with Crippen LogP contribution in [0.25, 0.3) is 0 Å². The van der Waals surface area contributed by atoms with E-state index in [1.807, 2.05) is 25.2 Å². The van der Waals surface area contributed by atoms with Crippen molar-refractivity contribution in [2.24, 2.45) is 0 Å². The van der Waals surface area contributed by atoms with Gasteiger partial charge in [-0.15, -0.1) is 0 Å². The minimum absolute atomic E-state index is 0.234. The number of furan rings is 1. The van der Waals surface area contributed by atoms with Crippen molar-refractivity contribution in [2.75, 3.05) is 20.6 Å². The third kappa shape index (κ3) is 5.53. The number of nitrogens with one attached hydrogen (secondary N) is 1. The van der Waals surface area contributed by atoms with Crippen LogP contribution in [-0.2, 0) is 6.54 Å². The number of nitrogens with zero attached hydrogens (tertiary/aromatic N) is 3. The Hall–Kier alpha value is -2.45. The van der Waals surface area contributed by atoms with Crippen molar-refractivity contribution in [3.8, 4) is 0 Å². The summed E-state index contributed by atoms with van der Waals surface area (Å²) in [6.45, 7) is 1.21. The lowest BCUT2D eigenvalue weighted by atomic mass is 10.0. The first-order chi connectivity index (χ1) is 13.4. The summed E-state index contributed by atoms with van der Waals surface area (Å²) in [6.07, 6.45) is 4.21. The van der Waals surface area contributed by atoms with Gasteiger partial charge in [-0.05, 0) is 72.8 Å². The maximum Gasteiger partial charge on any atom is 0.287 e. The van der Waals surface area contributed by atoms with Crippen LogP contribution >= 0.6 is 15.9 Å². The summed E-state index contributed by atoms with van der Waals surface area (Å²) in [4.78, 5) is 14.7. The number of hydrogen-bond donors (Lipinski definition) is 1. The largest absolute Gasteiger partial charge is 0.454 e. The lowest BCUT2D eigenvalue weighted by Crippen LogP contribution is -2.30. The molecule has 0 radical (unpaired) electrons. The molecule has 0 saturated heterocycles. The van der Waals surface area contributed by atoms with Crippen molar-refractivity contribution in [3.05, 3.63) is 76.2 Å². The fourth-order valence-electron chi connectivity index (χ4n) is 2.80. The number of carbonyl (C=O) groups excluding carboxylic acids is 1. The highest BCUT2D eigenvalue weighted by Gasteiger charge is 2.19. The van der Waals surface area contributed by atoms with Gasteiger partial charge in [-0.25, -0.2) is 4.39 Å². The van der Waals surface area contributed by atoms with Gasteiger partial charge in [0.05, 0.1) is 23.3 Å². The molecule has 0 bridgehead atoms. The molecule has 2 heterocycles. The quantitative estimate of drug-likeness (QED) is 0.568. The Morgan fingerprint density at radius 1 is 1.29 bits per heavy atom. The smallest absolute Gasteiger partial charge is 0.287 e. The van der Waals surface area contributed by atoms with E-state index in [2.05, 4.69) is 26.3 Å². The highest BCUT2D eigenvalue weighted by atomic mass is 79.9. The highest BCUT2D eigenvalue weighted by Crippen LogP contribution is 2.19. The maximum atomic E-state index is 13.3. The van der Waals surface area contributed by atoms with Crippen LogP contribution in [0.5, 0.6) is 0 Å². The molecule has 28 heavy (non-hydrogen) atoms. The maximum absolute atomic E-state index is 13.3. The van der Waals surface area contributed by atoms with E-state index in [9.17, 15) is 9.18 Å². The predicted octanol–water partition coefficient (Wildman–Crippen LogP) is 3.85. The van der Waals surface area contributed by atoms with Crippen LogP contribution < -0.4 is 5.32 Å². The van der Waals surface area contributed by atoms with Gasteiger partial charge in [0.2, 0.25) is 0 Å². The van der Waals surface area contributed by atoms with Crippen molar-refractivity contribution >= 4 is 21.8 Å².